The van der Waals surface area contributed by atoms with Crippen LogP contribution in [0, 0.1) is 6.92 Å². The van der Waals surface area contributed by atoms with Gasteiger partial charge in [0.15, 0.2) is 0 Å². The van der Waals surface area contributed by atoms with Gasteiger partial charge in [-0.25, -0.2) is 0 Å². The van der Waals surface area contributed by atoms with Crippen molar-refractivity contribution in [1.82, 2.24) is 4.90 Å². The third-order valence-electron chi connectivity index (χ3n) is 4.23. The first-order valence-corrected chi connectivity index (χ1v) is 8.99. The fraction of sp³-hybridized carbons (Fsp3) is 0.316. The van der Waals surface area contributed by atoms with Crippen LogP contribution >= 0.6 is 15.9 Å². The van der Waals surface area contributed by atoms with E-state index in [4.69, 9.17) is 0 Å². The molecule has 0 radical (unpaired) electrons. The van der Waals surface area contributed by atoms with Crippen molar-refractivity contribution < 1.29 is 4.79 Å². The summed E-state index contributed by atoms with van der Waals surface area (Å²) in [5.41, 5.74) is 3.39. The Labute approximate surface area is 151 Å². The van der Waals surface area contributed by atoms with Gasteiger partial charge in [-0.15, -0.1) is 0 Å². The molecular weight excluding hydrogens is 366 g/mol. The molecule has 0 spiro atoms. The number of hydrogen-bond acceptors (Lipinski definition) is 3. The number of amides is 1. The maximum absolute atomic E-state index is 12.2. The van der Waals surface area contributed by atoms with Crippen LogP contribution in [0.5, 0.6) is 0 Å². The van der Waals surface area contributed by atoms with Gasteiger partial charge in [-0.1, -0.05) is 28.1 Å². The highest BCUT2D eigenvalue weighted by atomic mass is 79.9. The van der Waals surface area contributed by atoms with Gasteiger partial charge in [-0.3, -0.25) is 9.69 Å². The van der Waals surface area contributed by atoms with Crippen LogP contribution < -0.4 is 10.2 Å². The van der Waals surface area contributed by atoms with Crippen LogP contribution in [0.4, 0.5) is 11.4 Å². The number of aryl methyl sites for hydroxylation is 1. The van der Waals surface area contributed by atoms with E-state index >= 15 is 0 Å². The lowest BCUT2D eigenvalue weighted by Crippen LogP contribution is -2.48. The number of anilines is 2. The smallest absolute Gasteiger partial charge is 0.238 e. The van der Waals surface area contributed by atoms with Gasteiger partial charge in [-0.2, -0.15) is 0 Å². The molecule has 0 saturated carbocycles. The first-order chi connectivity index (χ1) is 11.6. The number of hydrogen-bond donors (Lipinski definition) is 1. The fourth-order valence-corrected chi connectivity index (χ4v) is 3.19. The van der Waals surface area contributed by atoms with E-state index in [1.807, 2.05) is 24.3 Å². The molecule has 2 aromatic carbocycles. The van der Waals surface area contributed by atoms with Gasteiger partial charge < -0.3 is 10.2 Å². The Bertz CT molecular complexity index is 694. The van der Waals surface area contributed by atoms with Crippen LogP contribution in [0.2, 0.25) is 0 Å². The van der Waals surface area contributed by atoms with Crippen molar-refractivity contribution in [3.8, 4) is 0 Å². The normalized spacial score (nSPS) is 15.3. The second-order valence-electron chi connectivity index (χ2n) is 6.16. The Hall–Kier alpha value is -1.85. The monoisotopic (exact) mass is 387 g/mol. The quantitative estimate of drug-likeness (QED) is 0.871. The van der Waals surface area contributed by atoms with E-state index in [9.17, 15) is 4.79 Å². The Balaban J connectivity index is 1.48. The van der Waals surface area contributed by atoms with Crippen LogP contribution in [0.15, 0.2) is 53.0 Å². The number of nitrogens with one attached hydrogen (secondary N) is 1. The Morgan fingerprint density at radius 2 is 1.79 bits per heavy atom. The van der Waals surface area contributed by atoms with Gasteiger partial charge in [0.05, 0.1) is 6.54 Å². The first-order valence-electron chi connectivity index (χ1n) is 8.19. The molecule has 5 heteroatoms. The van der Waals surface area contributed by atoms with Crippen molar-refractivity contribution in [2.75, 3.05) is 42.9 Å². The standard InChI is InChI=1S/C19H22BrN3O/c1-15-3-2-4-18(13-15)23-11-9-22(10-12-23)14-19(24)21-17-7-5-16(20)6-8-17/h2-8,13H,9-12,14H2,1H3,(H,21,24). The van der Waals surface area contributed by atoms with Crippen molar-refractivity contribution in [2.45, 2.75) is 6.92 Å². The molecule has 1 amide bonds. The number of piperazine rings is 1. The molecule has 2 aromatic rings. The SMILES string of the molecule is Cc1cccc(N2CCN(CC(=O)Nc3ccc(Br)cc3)CC2)c1. The molecule has 126 valence electrons. The number of nitrogens with zero attached hydrogens (tertiary/aromatic N) is 2. The molecule has 3 rings (SSSR count). The van der Waals surface area contributed by atoms with Gasteiger partial charge in [0.2, 0.25) is 5.91 Å². The largest absolute Gasteiger partial charge is 0.369 e. The molecule has 0 bridgehead atoms. The number of rotatable bonds is 4. The highest BCUT2D eigenvalue weighted by Crippen LogP contribution is 2.18. The summed E-state index contributed by atoms with van der Waals surface area (Å²) in [4.78, 5) is 16.8. The number of halogens is 1. The van der Waals surface area contributed by atoms with Crippen molar-refractivity contribution in [2.24, 2.45) is 0 Å². The minimum Gasteiger partial charge on any atom is -0.369 e. The molecule has 1 aliphatic rings. The molecule has 0 atom stereocenters. The molecule has 1 heterocycles. The number of carbonyl (C=O) groups excluding carboxylic acids is 1. The Morgan fingerprint density at radius 3 is 2.46 bits per heavy atom. The highest BCUT2D eigenvalue weighted by Gasteiger charge is 2.19. The van der Waals surface area contributed by atoms with E-state index in [-0.39, 0.29) is 5.91 Å². The van der Waals surface area contributed by atoms with Crippen LogP contribution in [0.3, 0.4) is 0 Å². The summed E-state index contributed by atoms with van der Waals surface area (Å²) in [7, 11) is 0. The summed E-state index contributed by atoms with van der Waals surface area (Å²) in [6, 6.07) is 16.2. The second-order valence-corrected chi connectivity index (χ2v) is 7.07. The summed E-state index contributed by atoms with van der Waals surface area (Å²) in [5.74, 6) is 0.0429. The summed E-state index contributed by atoms with van der Waals surface area (Å²) < 4.78 is 1.01. The van der Waals surface area contributed by atoms with Crippen LogP contribution in [0.25, 0.3) is 0 Å². The first kappa shape index (κ1) is 17.0. The maximum Gasteiger partial charge on any atom is 0.238 e. The third-order valence-corrected chi connectivity index (χ3v) is 4.76. The topological polar surface area (TPSA) is 35.6 Å². The molecule has 1 N–H and O–H groups in total. The van der Waals surface area contributed by atoms with Crippen LogP contribution in [-0.4, -0.2) is 43.5 Å². The second kappa shape index (κ2) is 7.81. The third kappa shape index (κ3) is 4.58. The summed E-state index contributed by atoms with van der Waals surface area (Å²) in [5, 5.41) is 2.95. The van der Waals surface area contributed by atoms with Gasteiger partial charge in [0.25, 0.3) is 0 Å². The molecule has 24 heavy (non-hydrogen) atoms. The van der Waals surface area contributed by atoms with Crippen molar-refractivity contribution in [1.29, 1.82) is 0 Å². The van der Waals surface area contributed by atoms with Gasteiger partial charge >= 0.3 is 0 Å². The lowest BCUT2D eigenvalue weighted by molar-refractivity contribution is -0.117. The predicted molar refractivity (Wildman–Crippen MR) is 103 cm³/mol. The maximum atomic E-state index is 12.2. The van der Waals surface area contributed by atoms with Crippen LogP contribution in [0.1, 0.15) is 5.56 Å². The van der Waals surface area contributed by atoms with Crippen LogP contribution in [-0.2, 0) is 4.79 Å². The van der Waals surface area contributed by atoms with E-state index in [1.54, 1.807) is 0 Å². The fourth-order valence-electron chi connectivity index (χ4n) is 2.93. The summed E-state index contributed by atoms with van der Waals surface area (Å²) >= 11 is 3.39. The molecule has 1 saturated heterocycles. The van der Waals surface area contributed by atoms with Crippen molar-refractivity contribution in [3.63, 3.8) is 0 Å². The molecule has 0 unspecified atom stereocenters. The highest BCUT2D eigenvalue weighted by molar-refractivity contribution is 9.10. The Kier molecular flexibility index (Phi) is 5.53. The lowest BCUT2D eigenvalue weighted by Gasteiger charge is -2.35. The number of carbonyl (C=O) groups is 1. The lowest BCUT2D eigenvalue weighted by atomic mass is 10.2. The average molecular weight is 388 g/mol. The molecule has 0 aliphatic carbocycles. The zero-order chi connectivity index (χ0) is 16.9. The van der Waals surface area contributed by atoms with Crippen molar-refractivity contribution >= 4 is 33.2 Å². The number of benzene rings is 2. The molecule has 1 aliphatic heterocycles. The zero-order valence-electron chi connectivity index (χ0n) is 13.8. The average Bonchev–Trinajstić information content (AvgIpc) is 2.58. The van der Waals surface area contributed by atoms with Gasteiger partial charge in [0, 0.05) is 42.0 Å². The predicted octanol–water partition coefficient (Wildman–Crippen LogP) is 3.52. The van der Waals surface area contributed by atoms with E-state index < -0.39 is 0 Å². The van der Waals surface area contributed by atoms with E-state index in [0.29, 0.717) is 6.54 Å². The molecular formula is C19H22BrN3O. The minimum atomic E-state index is 0.0429. The molecule has 0 aromatic heterocycles. The molecule has 1 fully saturated rings. The summed E-state index contributed by atoms with van der Waals surface area (Å²) in [6.07, 6.45) is 0. The zero-order valence-corrected chi connectivity index (χ0v) is 15.4. The van der Waals surface area contributed by atoms with E-state index in [0.717, 1.165) is 36.3 Å². The van der Waals surface area contributed by atoms with Gasteiger partial charge in [-0.05, 0) is 48.9 Å². The summed E-state index contributed by atoms with van der Waals surface area (Å²) in [6.45, 7) is 6.28. The molecule has 4 nitrogen and oxygen atoms in total. The minimum absolute atomic E-state index is 0.0429. The van der Waals surface area contributed by atoms with E-state index in [2.05, 4.69) is 62.2 Å². The van der Waals surface area contributed by atoms with E-state index in [1.165, 1.54) is 11.3 Å². The Morgan fingerprint density at radius 1 is 1.08 bits per heavy atom. The van der Waals surface area contributed by atoms with Crippen molar-refractivity contribution in [3.05, 3.63) is 58.6 Å². The van der Waals surface area contributed by atoms with Gasteiger partial charge in [0.1, 0.15) is 0 Å².